The van der Waals surface area contributed by atoms with Crippen LogP contribution in [0.25, 0.3) is 0 Å². The number of methoxy groups -OCH3 is 1. The molecule has 126 valence electrons. The number of nitrogens with one attached hydrogen (secondary N) is 1. The first kappa shape index (κ1) is 17.9. The van der Waals surface area contributed by atoms with Gasteiger partial charge in [0.15, 0.2) is 11.6 Å². The second kappa shape index (κ2) is 7.88. The van der Waals surface area contributed by atoms with Gasteiger partial charge in [0.1, 0.15) is 0 Å². The van der Waals surface area contributed by atoms with Crippen molar-refractivity contribution in [1.29, 1.82) is 0 Å². The molecule has 0 saturated carbocycles. The summed E-state index contributed by atoms with van der Waals surface area (Å²) in [5.74, 6) is -3.34. The van der Waals surface area contributed by atoms with E-state index in [1.54, 1.807) is 24.3 Å². The third-order valence-electron chi connectivity index (χ3n) is 3.36. The number of ether oxygens (including phenoxy) is 1. The maximum absolute atomic E-state index is 13.3. The van der Waals surface area contributed by atoms with Gasteiger partial charge in [0.05, 0.1) is 19.6 Å². The van der Waals surface area contributed by atoms with Crippen LogP contribution in [-0.4, -0.2) is 19.0 Å². The molecule has 0 heterocycles. The maximum Gasteiger partial charge on any atom is 0.307 e. The second-order valence-electron chi connectivity index (χ2n) is 4.99. The Morgan fingerprint density at radius 3 is 2.38 bits per heavy atom. The highest BCUT2D eigenvalue weighted by molar-refractivity contribution is 6.30. The predicted molar refractivity (Wildman–Crippen MR) is 84.7 cm³/mol. The number of halogens is 3. The molecule has 0 aliphatic carbocycles. The lowest BCUT2D eigenvalue weighted by molar-refractivity contribution is -0.141. The standard InChI is InChI=1S/C17H14ClF2NO3/c1-24-16(22)9-15(10-2-5-12(18)6-3-10)21-17(23)11-4-7-13(19)14(20)8-11/h2-8,15H,9H2,1H3,(H,21,23). The van der Waals surface area contributed by atoms with E-state index in [1.807, 2.05) is 0 Å². The highest BCUT2D eigenvalue weighted by Gasteiger charge is 2.20. The highest BCUT2D eigenvalue weighted by Crippen LogP contribution is 2.21. The number of carbonyl (C=O) groups excluding carboxylic acids is 2. The van der Waals surface area contributed by atoms with Crippen molar-refractivity contribution in [1.82, 2.24) is 5.32 Å². The van der Waals surface area contributed by atoms with Crippen molar-refractivity contribution in [3.63, 3.8) is 0 Å². The van der Waals surface area contributed by atoms with Gasteiger partial charge < -0.3 is 10.1 Å². The molecule has 1 amide bonds. The molecule has 1 unspecified atom stereocenters. The predicted octanol–water partition coefficient (Wildman–Crippen LogP) is 3.65. The average Bonchev–Trinajstić information content (AvgIpc) is 2.57. The Morgan fingerprint density at radius 2 is 1.79 bits per heavy atom. The minimum absolute atomic E-state index is 0.0577. The van der Waals surface area contributed by atoms with Crippen molar-refractivity contribution in [2.45, 2.75) is 12.5 Å². The van der Waals surface area contributed by atoms with Gasteiger partial charge in [0, 0.05) is 10.6 Å². The molecule has 2 rings (SSSR count). The fourth-order valence-corrected chi connectivity index (χ4v) is 2.20. The van der Waals surface area contributed by atoms with Crippen LogP contribution in [0, 0.1) is 11.6 Å². The number of hydrogen-bond acceptors (Lipinski definition) is 3. The molecule has 0 radical (unpaired) electrons. The summed E-state index contributed by atoms with van der Waals surface area (Å²) < 4.78 is 30.9. The third kappa shape index (κ3) is 4.52. The first-order valence-corrected chi connectivity index (χ1v) is 7.36. The minimum atomic E-state index is -1.13. The highest BCUT2D eigenvalue weighted by atomic mass is 35.5. The normalized spacial score (nSPS) is 11.7. The van der Waals surface area contributed by atoms with Gasteiger partial charge in [0.2, 0.25) is 0 Å². The molecule has 7 heteroatoms. The van der Waals surface area contributed by atoms with E-state index < -0.39 is 29.6 Å². The van der Waals surface area contributed by atoms with Crippen LogP contribution in [0.1, 0.15) is 28.4 Å². The maximum atomic E-state index is 13.3. The van der Waals surface area contributed by atoms with Gasteiger partial charge in [-0.25, -0.2) is 8.78 Å². The van der Waals surface area contributed by atoms with Crippen LogP contribution >= 0.6 is 11.6 Å². The van der Waals surface area contributed by atoms with Crippen molar-refractivity contribution >= 4 is 23.5 Å². The number of rotatable bonds is 5. The van der Waals surface area contributed by atoms with Crippen LogP contribution in [0.5, 0.6) is 0 Å². The molecular formula is C17H14ClF2NO3. The van der Waals surface area contributed by atoms with Crippen molar-refractivity contribution < 1.29 is 23.1 Å². The van der Waals surface area contributed by atoms with E-state index in [-0.39, 0.29) is 12.0 Å². The summed E-state index contributed by atoms with van der Waals surface area (Å²) >= 11 is 5.83. The summed E-state index contributed by atoms with van der Waals surface area (Å²) in [6, 6.07) is 8.66. The quantitative estimate of drug-likeness (QED) is 0.835. The van der Waals surface area contributed by atoms with Crippen molar-refractivity contribution in [2.75, 3.05) is 7.11 Å². The van der Waals surface area contributed by atoms with Gasteiger partial charge in [-0.3, -0.25) is 9.59 Å². The molecular weight excluding hydrogens is 340 g/mol. The smallest absolute Gasteiger partial charge is 0.307 e. The molecule has 0 aromatic heterocycles. The largest absolute Gasteiger partial charge is 0.469 e. The van der Waals surface area contributed by atoms with Gasteiger partial charge in [-0.05, 0) is 35.9 Å². The number of carbonyl (C=O) groups is 2. The van der Waals surface area contributed by atoms with Gasteiger partial charge in [-0.1, -0.05) is 23.7 Å². The van der Waals surface area contributed by atoms with E-state index in [2.05, 4.69) is 10.1 Å². The molecule has 4 nitrogen and oxygen atoms in total. The Labute approximate surface area is 142 Å². The molecule has 2 aromatic rings. The van der Waals surface area contributed by atoms with Crippen LogP contribution in [0.4, 0.5) is 8.78 Å². The summed E-state index contributed by atoms with van der Waals surface area (Å²) in [4.78, 5) is 23.8. The summed E-state index contributed by atoms with van der Waals surface area (Å²) in [5.41, 5.74) is 0.568. The summed E-state index contributed by atoms with van der Waals surface area (Å²) in [5, 5.41) is 3.11. The Bertz CT molecular complexity index is 750. The summed E-state index contributed by atoms with van der Waals surface area (Å²) in [6.07, 6.45) is -0.118. The monoisotopic (exact) mass is 353 g/mol. The molecule has 0 aliphatic heterocycles. The lowest BCUT2D eigenvalue weighted by atomic mass is 10.0. The van der Waals surface area contributed by atoms with Crippen molar-refractivity contribution in [3.05, 3.63) is 70.2 Å². The van der Waals surface area contributed by atoms with Crippen molar-refractivity contribution in [2.24, 2.45) is 0 Å². The zero-order chi connectivity index (χ0) is 17.7. The molecule has 24 heavy (non-hydrogen) atoms. The Morgan fingerprint density at radius 1 is 1.12 bits per heavy atom. The zero-order valence-corrected chi connectivity index (χ0v) is 13.4. The van der Waals surface area contributed by atoms with E-state index in [0.717, 1.165) is 18.2 Å². The van der Waals surface area contributed by atoms with Gasteiger partial charge in [-0.2, -0.15) is 0 Å². The van der Waals surface area contributed by atoms with E-state index >= 15 is 0 Å². The van der Waals surface area contributed by atoms with Crippen LogP contribution in [-0.2, 0) is 9.53 Å². The average molecular weight is 354 g/mol. The van der Waals surface area contributed by atoms with E-state index in [0.29, 0.717) is 10.6 Å². The van der Waals surface area contributed by atoms with Crippen LogP contribution < -0.4 is 5.32 Å². The number of esters is 1. The Balaban J connectivity index is 2.23. The molecule has 0 saturated heterocycles. The first-order chi connectivity index (χ1) is 11.4. The van der Waals surface area contributed by atoms with Gasteiger partial charge in [0.25, 0.3) is 5.91 Å². The number of hydrogen-bond donors (Lipinski definition) is 1. The first-order valence-electron chi connectivity index (χ1n) is 6.99. The molecule has 0 aliphatic rings. The SMILES string of the molecule is COC(=O)CC(NC(=O)c1ccc(F)c(F)c1)c1ccc(Cl)cc1. The third-order valence-corrected chi connectivity index (χ3v) is 3.61. The zero-order valence-electron chi connectivity index (χ0n) is 12.7. The van der Waals surface area contributed by atoms with Gasteiger partial charge in [-0.15, -0.1) is 0 Å². The Kier molecular flexibility index (Phi) is 5.87. The lowest BCUT2D eigenvalue weighted by Gasteiger charge is -2.18. The molecule has 1 N–H and O–H groups in total. The fraction of sp³-hybridized carbons (Fsp3) is 0.176. The molecule has 0 fully saturated rings. The van der Waals surface area contributed by atoms with Crippen LogP contribution in [0.15, 0.2) is 42.5 Å². The number of benzene rings is 2. The summed E-state index contributed by atoms with van der Waals surface area (Å²) in [6.45, 7) is 0. The minimum Gasteiger partial charge on any atom is -0.469 e. The van der Waals surface area contributed by atoms with Crippen LogP contribution in [0.2, 0.25) is 5.02 Å². The molecule has 0 spiro atoms. The van der Waals surface area contributed by atoms with Crippen molar-refractivity contribution in [3.8, 4) is 0 Å². The molecule has 1 atom stereocenters. The van der Waals surface area contributed by atoms with Gasteiger partial charge >= 0.3 is 5.97 Å². The van der Waals surface area contributed by atoms with E-state index in [1.165, 1.54) is 7.11 Å². The lowest BCUT2D eigenvalue weighted by Crippen LogP contribution is -2.30. The second-order valence-corrected chi connectivity index (χ2v) is 5.42. The molecule has 2 aromatic carbocycles. The Hall–Kier alpha value is -2.47. The summed E-state index contributed by atoms with van der Waals surface area (Å²) in [7, 11) is 1.23. The molecule has 0 bridgehead atoms. The topological polar surface area (TPSA) is 55.4 Å². The van der Waals surface area contributed by atoms with Crippen LogP contribution in [0.3, 0.4) is 0 Å². The van der Waals surface area contributed by atoms with E-state index in [9.17, 15) is 18.4 Å². The number of amides is 1. The van der Waals surface area contributed by atoms with E-state index in [4.69, 9.17) is 11.6 Å². The fourth-order valence-electron chi connectivity index (χ4n) is 2.08.